The molecule has 0 amide bonds. The summed E-state index contributed by atoms with van der Waals surface area (Å²) in [6.45, 7) is 0. The molecular weight excluding hydrogens is 1670 g/mol. The van der Waals surface area contributed by atoms with Gasteiger partial charge < -0.3 is 27.4 Å². The molecule has 0 aliphatic rings. The van der Waals surface area contributed by atoms with Crippen LogP contribution in [0.2, 0.25) is 0 Å². The molecule has 0 N–H and O–H groups in total. The molecule has 22 aromatic carbocycles. The second-order valence-corrected chi connectivity index (χ2v) is 35.8. The summed E-state index contributed by atoms with van der Waals surface area (Å²) >= 11 is 0. The molecule has 646 valence electrons. The van der Waals surface area contributed by atoms with E-state index in [4.69, 9.17) is 0 Å². The van der Waals surface area contributed by atoms with Crippen LogP contribution in [0.4, 0.5) is 0 Å². The average Bonchev–Trinajstić information content (AvgIpc) is 1.58. The van der Waals surface area contributed by atoms with Crippen molar-refractivity contribution in [2.45, 2.75) is 0 Å². The minimum Gasteiger partial charge on any atom is -0.309 e. The van der Waals surface area contributed by atoms with Crippen molar-refractivity contribution in [1.29, 1.82) is 0 Å². The zero-order valence-corrected chi connectivity index (χ0v) is 75.5. The van der Waals surface area contributed by atoms with Gasteiger partial charge in [0.2, 0.25) is 0 Å². The maximum Gasteiger partial charge on any atom is 0.0547 e. The Kier molecular flexibility index (Phi) is 19.9. The van der Waals surface area contributed by atoms with Gasteiger partial charge in [0.25, 0.3) is 0 Å². The fraction of sp³-hybridized carbons (Fsp3) is 0. The molecule has 6 heterocycles. The largest absolute Gasteiger partial charge is 0.309 e. The lowest BCUT2D eigenvalue weighted by molar-refractivity contribution is 1.18. The van der Waals surface area contributed by atoms with E-state index in [2.05, 4.69) is 561 Å². The maximum absolute atomic E-state index is 2.40. The van der Waals surface area contributed by atoms with Crippen molar-refractivity contribution in [3.8, 4) is 112 Å². The van der Waals surface area contributed by atoms with Crippen molar-refractivity contribution in [3.63, 3.8) is 0 Å². The van der Waals surface area contributed by atoms with Crippen molar-refractivity contribution >= 4 is 131 Å². The highest BCUT2D eigenvalue weighted by Gasteiger charge is 2.24. The van der Waals surface area contributed by atoms with Crippen LogP contribution >= 0.6 is 0 Å². The summed E-state index contributed by atoms with van der Waals surface area (Å²) in [6, 6.07) is 193. The van der Waals surface area contributed by atoms with Crippen LogP contribution in [0, 0.1) is 0 Å². The molecule has 0 radical (unpaired) electrons. The summed E-state index contributed by atoms with van der Waals surface area (Å²) < 4.78 is 14.3. The van der Waals surface area contributed by atoms with Gasteiger partial charge in [-0.2, -0.15) is 0 Å². The van der Waals surface area contributed by atoms with Gasteiger partial charge in [-0.15, -0.1) is 0 Å². The van der Waals surface area contributed by atoms with E-state index >= 15 is 0 Å². The number of fused-ring (bicyclic) bond motifs is 18. The molecular formula is C132H88N6. The summed E-state index contributed by atoms with van der Waals surface area (Å²) in [6.07, 6.45) is 0. The van der Waals surface area contributed by atoms with E-state index in [0.717, 1.165) is 17.1 Å². The van der Waals surface area contributed by atoms with Crippen molar-refractivity contribution < 1.29 is 0 Å². The second-order valence-electron chi connectivity index (χ2n) is 35.8. The summed E-state index contributed by atoms with van der Waals surface area (Å²) in [7, 11) is 0. The molecule has 6 aromatic heterocycles. The molecule has 0 bridgehead atoms. The first-order valence-electron chi connectivity index (χ1n) is 47.4. The number of rotatable bonds is 13. The molecule has 0 aliphatic carbocycles. The normalized spacial score (nSPS) is 11.6. The van der Waals surface area contributed by atoms with Gasteiger partial charge in [0.1, 0.15) is 0 Å². The molecule has 0 saturated carbocycles. The number of hydrogen-bond donors (Lipinski definition) is 0. The first-order valence-corrected chi connectivity index (χ1v) is 47.4. The van der Waals surface area contributed by atoms with Crippen LogP contribution in [0.5, 0.6) is 0 Å². The Morgan fingerprint density at radius 3 is 0.464 bits per heavy atom. The number of benzene rings is 22. The van der Waals surface area contributed by atoms with Crippen molar-refractivity contribution in [3.05, 3.63) is 534 Å². The second kappa shape index (κ2) is 34.0. The van der Waals surface area contributed by atoms with Gasteiger partial charge in [0, 0.05) is 98.8 Å². The molecule has 28 aromatic rings. The van der Waals surface area contributed by atoms with E-state index in [-0.39, 0.29) is 0 Å². The Hall–Kier alpha value is -18.4. The number of hydrogen-bond acceptors (Lipinski definition) is 0. The van der Waals surface area contributed by atoms with Gasteiger partial charge in [-0.25, -0.2) is 0 Å². The van der Waals surface area contributed by atoms with Crippen LogP contribution in [-0.2, 0) is 0 Å². The molecule has 0 spiro atoms. The van der Waals surface area contributed by atoms with Gasteiger partial charge in [-0.05, 0) is 272 Å². The zero-order chi connectivity index (χ0) is 91.1. The highest BCUT2D eigenvalue weighted by atomic mass is 15.0. The van der Waals surface area contributed by atoms with Crippen molar-refractivity contribution in [2.24, 2.45) is 0 Å². The third-order valence-electron chi connectivity index (χ3n) is 27.9. The molecule has 28 rings (SSSR count). The number of para-hydroxylation sites is 9. The van der Waals surface area contributed by atoms with Crippen molar-refractivity contribution in [2.75, 3.05) is 0 Å². The Morgan fingerprint density at radius 1 is 0.0797 bits per heavy atom. The molecule has 0 saturated heterocycles. The van der Waals surface area contributed by atoms with Crippen LogP contribution in [0.3, 0.4) is 0 Å². The minimum absolute atomic E-state index is 1.16. The first-order chi connectivity index (χ1) is 68.5. The van der Waals surface area contributed by atoms with Crippen LogP contribution in [0.1, 0.15) is 0 Å². The maximum atomic E-state index is 2.40. The van der Waals surface area contributed by atoms with Crippen LogP contribution < -0.4 is 0 Å². The minimum atomic E-state index is 1.16. The van der Waals surface area contributed by atoms with E-state index in [1.54, 1.807) is 0 Å². The fourth-order valence-corrected chi connectivity index (χ4v) is 21.5. The highest BCUT2D eigenvalue weighted by molar-refractivity contribution is 6.18. The quantitative estimate of drug-likeness (QED) is 0.110. The number of nitrogens with zero attached hydrogens (tertiary/aromatic N) is 6. The Bertz CT molecular complexity index is 9310. The topological polar surface area (TPSA) is 29.6 Å². The molecule has 0 aliphatic heterocycles. The van der Waals surface area contributed by atoms with Gasteiger partial charge in [-0.3, -0.25) is 0 Å². The van der Waals surface area contributed by atoms with E-state index in [1.165, 1.54) is 226 Å². The average molecular weight is 1760 g/mol. The smallest absolute Gasteiger partial charge is 0.0547 e. The standard InChI is InChI=1S/2C48H32N2.C36H24N2/c1-5-13-33(14-6-1)35-21-25-45-41(29-35)43-31-37(23-27-47(43)49(45)39-17-9-3-10-18-39)38-24-28-48-44(32-38)42-30-36(34-15-7-2-8-16-34)22-26-46(42)50(48)40-19-11-4-12-20-40;1-4-12-33(13-5-1)34-20-22-35(23-21-34)36-24-27-47-43(30-36)44-32-38(26-29-48(44)50(47)40-16-8-3-9-17-40)37-25-28-46-42(31-37)41-18-10-11-19-45(41)49(46)39-14-6-2-7-15-39;1-3-11-27(12-4-1)37-34-18-10-8-16-30(34)32-23-25(20-22-35(32)37)26-19-21-31-29-15-7-9-17-33(29)38(36(31)24-26)28-13-5-2-6-14-28/h2*1-32H;1-24H. The summed E-state index contributed by atoms with van der Waals surface area (Å²) in [5.41, 5.74) is 38.6. The summed E-state index contributed by atoms with van der Waals surface area (Å²) in [5.74, 6) is 0. The van der Waals surface area contributed by atoms with Crippen LogP contribution in [0.15, 0.2) is 534 Å². The van der Waals surface area contributed by atoms with Crippen molar-refractivity contribution in [1.82, 2.24) is 27.4 Å². The van der Waals surface area contributed by atoms with Gasteiger partial charge in [-0.1, -0.05) is 340 Å². The van der Waals surface area contributed by atoms with Gasteiger partial charge in [0.05, 0.1) is 66.2 Å². The van der Waals surface area contributed by atoms with E-state index in [9.17, 15) is 0 Å². The lowest BCUT2D eigenvalue weighted by Crippen LogP contribution is -1.93. The third kappa shape index (κ3) is 14.0. The SMILES string of the molecule is c1ccc(-c2ccc(-c3ccc4c(c3)c3cc(-c5ccc6c(c5)c5ccccc5n6-c5ccccc5)ccc3n4-c3ccccc3)cc2)cc1.c1ccc(-c2ccc3c(c2)c2cc(-c4ccc5c(c4)c4cc(-c6ccccc6)ccc4n5-c4ccccc4)ccc2n3-c2ccccc2)cc1.c1ccc(-n2c3ccccc3c3cc(-c4ccc5c6ccccc6n(-c6ccccc6)c5c4)ccc32)cc1. The molecule has 6 nitrogen and oxygen atoms in total. The lowest BCUT2D eigenvalue weighted by Gasteiger charge is -2.10. The Balaban J connectivity index is 0.000000108. The third-order valence-corrected chi connectivity index (χ3v) is 27.9. The van der Waals surface area contributed by atoms with E-state index in [1.807, 2.05) is 0 Å². The predicted octanol–water partition coefficient (Wildman–Crippen LogP) is 35.3. The molecule has 0 unspecified atom stereocenters. The fourth-order valence-electron chi connectivity index (χ4n) is 21.5. The molecule has 0 fully saturated rings. The highest BCUT2D eigenvalue weighted by Crippen LogP contribution is 2.46. The zero-order valence-electron chi connectivity index (χ0n) is 75.5. The van der Waals surface area contributed by atoms with Crippen LogP contribution in [0.25, 0.3) is 243 Å². The molecule has 0 atom stereocenters. The predicted molar refractivity (Wildman–Crippen MR) is 583 cm³/mol. The van der Waals surface area contributed by atoms with Gasteiger partial charge in [0.15, 0.2) is 0 Å². The Morgan fingerprint density at radius 2 is 0.217 bits per heavy atom. The van der Waals surface area contributed by atoms with E-state index in [0.29, 0.717) is 0 Å². The van der Waals surface area contributed by atoms with Crippen LogP contribution in [-0.4, -0.2) is 27.4 Å². The molecule has 6 heteroatoms. The molecule has 138 heavy (non-hydrogen) atoms. The lowest BCUT2D eigenvalue weighted by atomic mass is 9.98. The summed E-state index contributed by atoms with van der Waals surface area (Å²) in [4.78, 5) is 0. The monoisotopic (exact) mass is 1760 g/mol. The van der Waals surface area contributed by atoms with E-state index < -0.39 is 0 Å². The van der Waals surface area contributed by atoms with Gasteiger partial charge >= 0.3 is 0 Å². The Labute approximate surface area is 798 Å². The first kappa shape index (κ1) is 80.5. The number of aromatic nitrogens is 6. The summed E-state index contributed by atoms with van der Waals surface area (Å²) in [5, 5.41) is 15.1.